The molecule has 1 aromatic carbocycles. The molecule has 0 saturated heterocycles. The first-order chi connectivity index (χ1) is 9.56. The predicted molar refractivity (Wildman–Crippen MR) is 72.6 cm³/mol. The second-order valence-corrected chi connectivity index (χ2v) is 4.34. The number of halogens is 1. The fourth-order valence-corrected chi connectivity index (χ4v) is 2.06. The summed E-state index contributed by atoms with van der Waals surface area (Å²) < 4.78 is 15.4. The second kappa shape index (κ2) is 5.83. The molecule has 0 amide bonds. The van der Waals surface area contributed by atoms with Gasteiger partial charge in [-0.3, -0.25) is 10.1 Å². The maximum Gasteiger partial charge on any atom is 0.433 e. The van der Waals surface area contributed by atoms with Gasteiger partial charge in [-0.05, 0) is 18.2 Å². The molecule has 0 fully saturated rings. The molecule has 6 nitrogen and oxygen atoms in total. The van der Waals surface area contributed by atoms with E-state index < -0.39 is 10.3 Å². The number of hydrogen-bond donors (Lipinski definition) is 0. The highest BCUT2D eigenvalue weighted by molar-refractivity contribution is 6.22. The summed E-state index contributed by atoms with van der Waals surface area (Å²) in [6, 6.07) is 7.87. The third-order valence-electron chi connectivity index (χ3n) is 2.76. The minimum absolute atomic E-state index is 0.279. The monoisotopic (exact) mass is 297 g/mol. The van der Waals surface area contributed by atoms with Crippen LogP contribution in [0.4, 0.5) is 5.88 Å². The van der Waals surface area contributed by atoms with Crippen LogP contribution in [0.15, 0.2) is 34.7 Å². The summed E-state index contributed by atoms with van der Waals surface area (Å²) in [5.74, 6) is 1.07. The lowest BCUT2D eigenvalue weighted by Crippen LogP contribution is -1.97. The number of methoxy groups -OCH3 is 2. The van der Waals surface area contributed by atoms with Gasteiger partial charge in [-0.1, -0.05) is 0 Å². The smallest absolute Gasteiger partial charge is 0.433 e. The SMILES string of the molecule is COc1ccc(C(Cl)c2ccc([N+](=O)[O-])o2)c(OC)c1. The van der Waals surface area contributed by atoms with Crippen LogP contribution in [0.1, 0.15) is 16.7 Å². The normalized spacial score (nSPS) is 11.9. The molecule has 0 bridgehead atoms. The molecule has 0 radical (unpaired) electrons. The van der Waals surface area contributed by atoms with E-state index in [4.69, 9.17) is 25.5 Å². The average molecular weight is 298 g/mol. The van der Waals surface area contributed by atoms with Crippen LogP contribution in [-0.2, 0) is 0 Å². The van der Waals surface area contributed by atoms with Gasteiger partial charge in [0.25, 0.3) is 0 Å². The van der Waals surface area contributed by atoms with Crippen LogP contribution in [0.5, 0.6) is 11.5 Å². The van der Waals surface area contributed by atoms with Crippen molar-refractivity contribution in [3.05, 3.63) is 51.8 Å². The second-order valence-electron chi connectivity index (χ2n) is 3.90. The topological polar surface area (TPSA) is 74.7 Å². The highest BCUT2D eigenvalue weighted by Crippen LogP contribution is 2.38. The Morgan fingerprint density at radius 1 is 1.25 bits per heavy atom. The van der Waals surface area contributed by atoms with Gasteiger partial charge >= 0.3 is 5.88 Å². The molecule has 0 aliphatic rings. The van der Waals surface area contributed by atoms with Gasteiger partial charge in [-0.15, -0.1) is 11.6 Å². The van der Waals surface area contributed by atoms with Gasteiger partial charge in [0, 0.05) is 11.6 Å². The van der Waals surface area contributed by atoms with E-state index in [0.717, 1.165) is 0 Å². The third-order valence-corrected chi connectivity index (χ3v) is 3.21. The van der Waals surface area contributed by atoms with Crippen molar-refractivity contribution in [1.82, 2.24) is 0 Å². The standard InChI is InChI=1S/C13H12ClNO5/c1-18-8-3-4-9(11(7-8)19-2)13(14)10-5-6-12(20-10)15(16)17/h3-7,13H,1-2H3. The van der Waals surface area contributed by atoms with Gasteiger partial charge in [0.05, 0.1) is 20.3 Å². The van der Waals surface area contributed by atoms with Crippen molar-refractivity contribution in [1.29, 1.82) is 0 Å². The van der Waals surface area contributed by atoms with E-state index in [2.05, 4.69) is 0 Å². The molecule has 0 aliphatic heterocycles. The summed E-state index contributed by atoms with van der Waals surface area (Å²) in [7, 11) is 3.05. The maximum absolute atomic E-state index is 10.6. The van der Waals surface area contributed by atoms with E-state index in [-0.39, 0.29) is 11.6 Å². The summed E-state index contributed by atoms with van der Waals surface area (Å²) in [6.45, 7) is 0. The predicted octanol–water partition coefficient (Wildman–Crippen LogP) is 3.53. The van der Waals surface area contributed by atoms with Crippen LogP contribution < -0.4 is 9.47 Å². The Bertz CT molecular complexity index is 625. The lowest BCUT2D eigenvalue weighted by atomic mass is 10.1. The summed E-state index contributed by atoms with van der Waals surface area (Å²) in [5.41, 5.74) is 0.638. The van der Waals surface area contributed by atoms with E-state index in [1.54, 1.807) is 25.3 Å². The van der Waals surface area contributed by atoms with Crippen LogP contribution in [0, 0.1) is 10.1 Å². The third kappa shape index (κ3) is 2.70. The van der Waals surface area contributed by atoms with E-state index in [1.165, 1.54) is 19.2 Å². The molecule has 0 N–H and O–H groups in total. The van der Waals surface area contributed by atoms with Crippen LogP contribution in [-0.4, -0.2) is 19.1 Å². The Kier molecular flexibility index (Phi) is 4.14. The molecular formula is C13H12ClNO5. The van der Waals surface area contributed by atoms with Gasteiger partial charge in [0.15, 0.2) is 0 Å². The number of ether oxygens (including phenoxy) is 2. The largest absolute Gasteiger partial charge is 0.497 e. The van der Waals surface area contributed by atoms with Crippen molar-refractivity contribution in [3.63, 3.8) is 0 Å². The Morgan fingerprint density at radius 2 is 2.00 bits per heavy atom. The van der Waals surface area contributed by atoms with Gasteiger partial charge in [-0.2, -0.15) is 0 Å². The van der Waals surface area contributed by atoms with Crippen molar-refractivity contribution < 1.29 is 18.8 Å². The summed E-state index contributed by atoms with van der Waals surface area (Å²) in [6.07, 6.45) is 0. The van der Waals surface area contributed by atoms with E-state index >= 15 is 0 Å². The maximum atomic E-state index is 10.6. The first kappa shape index (κ1) is 14.2. The van der Waals surface area contributed by atoms with Crippen molar-refractivity contribution in [2.45, 2.75) is 5.38 Å². The quantitative estimate of drug-likeness (QED) is 0.479. The fourth-order valence-electron chi connectivity index (χ4n) is 1.76. The zero-order valence-electron chi connectivity index (χ0n) is 10.8. The number of alkyl halides is 1. The molecule has 2 aromatic rings. The van der Waals surface area contributed by atoms with E-state index in [1.807, 2.05) is 0 Å². The Morgan fingerprint density at radius 3 is 2.55 bits per heavy atom. The lowest BCUT2D eigenvalue weighted by Gasteiger charge is -2.13. The van der Waals surface area contributed by atoms with Crippen molar-refractivity contribution in [2.24, 2.45) is 0 Å². The summed E-state index contributed by atoms with van der Waals surface area (Å²) in [5, 5.41) is 9.92. The molecule has 1 atom stereocenters. The minimum atomic E-state index is -0.690. The number of nitrogens with zero attached hydrogens (tertiary/aromatic N) is 1. The van der Waals surface area contributed by atoms with Crippen LogP contribution in [0.2, 0.25) is 0 Å². The molecule has 106 valence electrons. The van der Waals surface area contributed by atoms with Crippen molar-refractivity contribution >= 4 is 17.5 Å². The minimum Gasteiger partial charge on any atom is -0.497 e. The van der Waals surface area contributed by atoms with Gasteiger partial charge in [0.1, 0.15) is 27.6 Å². The Labute approximate surface area is 120 Å². The molecule has 7 heteroatoms. The Balaban J connectivity index is 2.36. The lowest BCUT2D eigenvalue weighted by molar-refractivity contribution is -0.402. The molecule has 1 aromatic heterocycles. The highest BCUT2D eigenvalue weighted by Gasteiger charge is 2.22. The van der Waals surface area contributed by atoms with E-state index in [9.17, 15) is 10.1 Å². The molecule has 0 spiro atoms. The van der Waals surface area contributed by atoms with Gasteiger partial charge in [0.2, 0.25) is 0 Å². The number of benzene rings is 1. The van der Waals surface area contributed by atoms with Crippen molar-refractivity contribution in [2.75, 3.05) is 14.2 Å². The molecule has 1 heterocycles. The van der Waals surface area contributed by atoms with Crippen LogP contribution >= 0.6 is 11.6 Å². The first-order valence-electron chi connectivity index (χ1n) is 5.67. The summed E-state index contributed by atoms with van der Waals surface area (Å²) >= 11 is 6.29. The zero-order chi connectivity index (χ0) is 14.7. The van der Waals surface area contributed by atoms with Gasteiger partial charge < -0.3 is 13.9 Å². The Hall–Kier alpha value is -2.21. The summed E-state index contributed by atoms with van der Waals surface area (Å²) in [4.78, 5) is 9.99. The zero-order valence-corrected chi connectivity index (χ0v) is 11.6. The van der Waals surface area contributed by atoms with Crippen molar-refractivity contribution in [3.8, 4) is 11.5 Å². The average Bonchev–Trinajstić information content (AvgIpc) is 2.95. The highest BCUT2D eigenvalue weighted by atomic mass is 35.5. The van der Waals surface area contributed by atoms with Gasteiger partial charge in [-0.25, -0.2) is 0 Å². The molecule has 2 rings (SSSR count). The van der Waals surface area contributed by atoms with Crippen LogP contribution in [0.25, 0.3) is 0 Å². The number of hydrogen-bond acceptors (Lipinski definition) is 5. The number of rotatable bonds is 5. The van der Waals surface area contributed by atoms with E-state index in [0.29, 0.717) is 17.1 Å². The molecule has 20 heavy (non-hydrogen) atoms. The molecule has 1 unspecified atom stereocenters. The number of nitro groups is 1. The van der Waals surface area contributed by atoms with Crippen LogP contribution in [0.3, 0.4) is 0 Å². The molecular weight excluding hydrogens is 286 g/mol. The first-order valence-corrected chi connectivity index (χ1v) is 6.10. The number of furan rings is 1. The fraction of sp³-hybridized carbons (Fsp3) is 0.231. The molecule has 0 saturated carbocycles. The molecule has 0 aliphatic carbocycles.